The highest BCUT2D eigenvalue weighted by Gasteiger charge is 2.46. The number of carbonyl (C=O) groups is 1. The first-order chi connectivity index (χ1) is 13.1. The third-order valence-electron chi connectivity index (χ3n) is 6.19. The summed E-state index contributed by atoms with van der Waals surface area (Å²) in [7, 11) is -2.03. The molecule has 0 bridgehead atoms. The number of nitrogens with zero attached hydrogens (tertiary/aromatic N) is 4. The van der Waals surface area contributed by atoms with Gasteiger partial charge in [-0.25, -0.2) is 9.67 Å². The molecule has 4 rings (SSSR count). The molecule has 6 nitrogen and oxygen atoms in total. The highest BCUT2D eigenvalue weighted by molar-refractivity contribution is 6.74. The van der Waals surface area contributed by atoms with E-state index in [0.717, 1.165) is 24.4 Å². The van der Waals surface area contributed by atoms with Crippen LogP contribution < -0.4 is 0 Å². The molecule has 0 radical (unpaired) electrons. The van der Waals surface area contributed by atoms with Gasteiger partial charge in [0, 0.05) is 18.5 Å². The van der Waals surface area contributed by atoms with Crippen LogP contribution in [0.25, 0.3) is 0 Å². The Kier molecular flexibility index (Phi) is 4.75. The summed E-state index contributed by atoms with van der Waals surface area (Å²) >= 11 is 6.43. The maximum absolute atomic E-state index is 12.6. The van der Waals surface area contributed by atoms with Crippen LogP contribution in [-0.4, -0.2) is 33.8 Å². The highest BCUT2D eigenvalue weighted by atomic mass is 35.5. The molecule has 1 fully saturated rings. The van der Waals surface area contributed by atoms with Gasteiger partial charge in [-0.1, -0.05) is 32.4 Å². The number of carbonyl (C=O) groups excluding carboxylic acids is 1. The number of fused-ring (bicyclic) bond motifs is 1. The number of pyridine rings is 1. The maximum atomic E-state index is 12.6. The first-order valence-corrected chi connectivity index (χ1v) is 13.2. The second-order valence-corrected chi connectivity index (χ2v) is 14.5. The largest absolute Gasteiger partial charge is 0.407 e. The van der Waals surface area contributed by atoms with Crippen LogP contribution in [0.1, 0.15) is 74.3 Å². The molecule has 3 heterocycles. The number of Topliss-reactive ketones (excluding diaryl/α,β-unsaturated/α-hetero) is 1. The van der Waals surface area contributed by atoms with Gasteiger partial charge in [0.1, 0.15) is 12.1 Å². The molecule has 2 aromatic heterocycles. The molecule has 0 N–H and O–H groups in total. The fourth-order valence-corrected chi connectivity index (χ4v) is 4.84. The van der Waals surface area contributed by atoms with Gasteiger partial charge in [0.25, 0.3) is 0 Å². The minimum Gasteiger partial charge on any atom is -0.407 e. The van der Waals surface area contributed by atoms with E-state index in [4.69, 9.17) is 16.0 Å². The van der Waals surface area contributed by atoms with Crippen LogP contribution in [-0.2, 0) is 4.43 Å². The molecular weight excluding hydrogens is 392 g/mol. The van der Waals surface area contributed by atoms with Gasteiger partial charge in [-0.3, -0.25) is 9.78 Å². The normalized spacial score (nSPS) is 22.4. The first kappa shape index (κ1) is 19.7. The molecule has 1 aliphatic carbocycles. The van der Waals surface area contributed by atoms with E-state index in [1.165, 1.54) is 0 Å². The summed E-state index contributed by atoms with van der Waals surface area (Å²) in [5.41, 5.74) is 0.752. The molecule has 2 aromatic rings. The second kappa shape index (κ2) is 6.74. The van der Waals surface area contributed by atoms with E-state index in [2.05, 4.69) is 48.9 Å². The van der Waals surface area contributed by atoms with Gasteiger partial charge in [0.2, 0.25) is 11.6 Å². The Morgan fingerprint density at radius 2 is 2.04 bits per heavy atom. The zero-order chi connectivity index (χ0) is 20.3. The SMILES string of the molecule is CC(C)(C)[Si](C)(C)O[C@@H]1C[C@@H](c2ncccc2Cl)n2nc(C(=O)C3CC3)nc21. The summed E-state index contributed by atoms with van der Waals surface area (Å²) in [6.45, 7) is 11.1. The van der Waals surface area contributed by atoms with Crippen LogP contribution in [0, 0.1) is 5.92 Å². The van der Waals surface area contributed by atoms with Gasteiger partial charge >= 0.3 is 0 Å². The predicted molar refractivity (Wildman–Crippen MR) is 110 cm³/mol. The maximum Gasteiger partial charge on any atom is 0.217 e. The van der Waals surface area contributed by atoms with Gasteiger partial charge in [-0.2, -0.15) is 0 Å². The third kappa shape index (κ3) is 3.44. The predicted octanol–water partition coefficient (Wildman–Crippen LogP) is 4.98. The number of ketones is 1. The molecule has 8 heteroatoms. The molecule has 1 saturated carbocycles. The van der Waals surface area contributed by atoms with Crippen LogP contribution in [0.5, 0.6) is 0 Å². The lowest BCUT2D eigenvalue weighted by Crippen LogP contribution is -2.41. The van der Waals surface area contributed by atoms with Crippen LogP contribution in [0.3, 0.4) is 0 Å². The second-order valence-electron chi connectivity index (χ2n) is 9.37. The number of rotatable bonds is 5. The quantitative estimate of drug-likeness (QED) is 0.506. The Morgan fingerprint density at radius 1 is 1.32 bits per heavy atom. The third-order valence-corrected chi connectivity index (χ3v) is 11.0. The molecule has 0 spiro atoms. The number of aromatic nitrogens is 4. The van der Waals surface area contributed by atoms with E-state index in [1.807, 2.05) is 16.8 Å². The zero-order valence-corrected chi connectivity index (χ0v) is 18.8. The summed E-state index contributed by atoms with van der Waals surface area (Å²) in [5.74, 6) is 1.15. The van der Waals surface area contributed by atoms with Crippen molar-refractivity contribution in [1.29, 1.82) is 0 Å². The van der Waals surface area contributed by atoms with Crippen LogP contribution in [0.2, 0.25) is 23.2 Å². The molecule has 2 atom stereocenters. The van der Waals surface area contributed by atoms with Crippen molar-refractivity contribution in [1.82, 2.24) is 19.7 Å². The summed E-state index contributed by atoms with van der Waals surface area (Å²) < 4.78 is 8.50. The molecule has 28 heavy (non-hydrogen) atoms. The molecular formula is C20H27ClN4O2Si. The Balaban J connectivity index is 1.73. The average molecular weight is 419 g/mol. The number of hydrogen-bond donors (Lipinski definition) is 0. The average Bonchev–Trinajstić information content (AvgIpc) is 3.28. The highest BCUT2D eigenvalue weighted by Crippen LogP contribution is 2.46. The summed E-state index contributed by atoms with van der Waals surface area (Å²) in [6.07, 6.45) is 4.06. The lowest BCUT2D eigenvalue weighted by atomic mass is 10.1. The van der Waals surface area contributed by atoms with Crippen LogP contribution in [0.15, 0.2) is 18.3 Å². The van der Waals surface area contributed by atoms with Crippen molar-refractivity contribution in [3.05, 3.63) is 40.7 Å². The van der Waals surface area contributed by atoms with E-state index in [-0.39, 0.29) is 28.9 Å². The fourth-order valence-electron chi connectivity index (χ4n) is 3.33. The lowest BCUT2D eigenvalue weighted by molar-refractivity contribution is 0.0956. The summed E-state index contributed by atoms with van der Waals surface area (Å²) in [6, 6.07) is 3.47. The molecule has 0 unspecified atom stereocenters. The van der Waals surface area contributed by atoms with E-state index in [9.17, 15) is 4.79 Å². The van der Waals surface area contributed by atoms with Crippen LogP contribution >= 0.6 is 11.6 Å². The van der Waals surface area contributed by atoms with Gasteiger partial charge < -0.3 is 4.43 Å². The van der Waals surface area contributed by atoms with Crippen molar-refractivity contribution in [2.45, 2.75) is 70.3 Å². The minimum absolute atomic E-state index is 0.0406. The number of hydrogen-bond acceptors (Lipinski definition) is 5. The Bertz CT molecular complexity index is 917. The molecule has 0 aromatic carbocycles. The van der Waals surface area contributed by atoms with E-state index < -0.39 is 8.32 Å². The van der Waals surface area contributed by atoms with E-state index in [0.29, 0.717) is 17.3 Å². The van der Waals surface area contributed by atoms with Crippen molar-refractivity contribution in [2.75, 3.05) is 0 Å². The lowest BCUT2D eigenvalue weighted by Gasteiger charge is -2.38. The van der Waals surface area contributed by atoms with E-state index >= 15 is 0 Å². The van der Waals surface area contributed by atoms with Crippen molar-refractivity contribution >= 4 is 25.7 Å². The molecule has 150 valence electrons. The standard InChI is InChI=1S/C20H27ClN4O2Si/c1-20(2,3)28(4,5)27-15-11-14(16-13(21)7-6-10-22-16)25-19(15)23-18(24-25)17(26)12-8-9-12/h6-7,10,12,14-15H,8-9,11H2,1-5H3/t14-,15+/m0/s1. The topological polar surface area (TPSA) is 69.9 Å². The number of halogens is 1. The van der Waals surface area contributed by atoms with Crippen molar-refractivity contribution < 1.29 is 9.22 Å². The van der Waals surface area contributed by atoms with Gasteiger partial charge in [-0.15, -0.1) is 5.10 Å². The van der Waals surface area contributed by atoms with Gasteiger partial charge in [-0.05, 0) is 43.1 Å². The van der Waals surface area contributed by atoms with E-state index in [1.54, 1.807) is 6.20 Å². The van der Waals surface area contributed by atoms with Crippen molar-refractivity contribution in [3.63, 3.8) is 0 Å². The Hall–Kier alpha value is -1.57. The summed E-state index contributed by atoms with van der Waals surface area (Å²) in [5, 5.41) is 5.26. The first-order valence-electron chi connectivity index (χ1n) is 9.87. The smallest absolute Gasteiger partial charge is 0.217 e. The van der Waals surface area contributed by atoms with Crippen LogP contribution in [0.4, 0.5) is 0 Å². The molecule has 0 saturated heterocycles. The van der Waals surface area contributed by atoms with Gasteiger partial charge in [0.05, 0.1) is 10.7 Å². The molecule has 0 amide bonds. The minimum atomic E-state index is -2.03. The zero-order valence-electron chi connectivity index (χ0n) is 17.1. The fraction of sp³-hybridized carbons (Fsp3) is 0.600. The summed E-state index contributed by atoms with van der Waals surface area (Å²) in [4.78, 5) is 21.7. The molecule has 1 aliphatic heterocycles. The monoisotopic (exact) mass is 418 g/mol. The van der Waals surface area contributed by atoms with Crippen molar-refractivity contribution in [3.8, 4) is 0 Å². The molecule has 2 aliphatic rings. The Labute approximate surface area is 171 Å². The Morgan fingerprint density at radius 3 is 2.64 bits per heavy atom. The van der Waals surface area contributed by atoms with Gasteiger partial charge in [0.15, 0.2) is 14.1 Å². The van der Waals surface area contributed by atoms with Crippen molar-refractivity contribution in [2.24, 2.45) is 5.92 Å².